The Balaban J connectivity index is 2.33. The quantitative estimate of drug-likeness (QED) is 0.588. The van der Waals surface area contributed by atoms with Gasteiger partial charge in [0.2, 0.25) is 0 Å². The van der Waals surface area contributed by atoms with Crippen molar-refractivity contribution in [2.45, 2.75) is 18.9 Å². The van der Waals surface area contributed by atoms with E-state index in [0.29, 0.717) is 19.4 Å². The Hall–Kier alpha value is -1.10. The number of carboxylic acids is 1. The van der Waals surface area contributed by atoms with Crippen molar-refractivity contribution in [3.05, 3.63) is 0 Å². The smallest absolute Gasteiger partial charge is 0.320 e. The molecular weight excluding hydrogens is 174 g/mol. The van der Waals surface area contributed by atoms with Gasteiger partial charge in [-0.1, -0.05) is 0 Å². The Bertz CT molecular complexity index is 216. The summed E-state index contributed by atoms with van der Waals surface area (Å²) >= 11 is 0. The van der Waals surface area contributed by atoms with Crippen LogP contribution in [-0.4, -0.2) is 36.7 Å². The Morgan fingerprint density at radius 3 is 2.77 bits per heavy atom. The van der Waals surface area contributed by atoms with E-state index in [-0.39, 0.29) is 11.9 Å². The van der Waals surface area contributed by atoms with E-state index in [2.05, 4.69) is 10.1 Å². The molecule has 0 saturated carbocycles. The zero-order valence-electron chi connectivity index (χ0n) is 7.45. The van der Waals surface area contributed by atoms with Crippen molar-refractivity contribution in [3.8, 4) is 0 Å². The first-order chi connectivity index (χ1) is 6.13. The van der Waals surface area contributed by atoms with E-state index in [1.165, 1.54) is 7.11 Å². The van der Waals surface area contributed by atoms with Crippen molar-refractivity contribution in [2.24, 2.45) is 5.92 Å². The number of carbonyl (C=O) groups excluding carboxylic acids is 1. The lowest BCUT2D eigenvalue weighted by Crippen LogP contribution is -2.29. The van der Waals surface area contributed by atoms with Crippen LogP contribution in [0.25, 0.3) is 0 Å². The lowest BCUT2D eigenvalue weighted by atomic mass is 10.0. The van der Waals surface area contributed by atoms with Gasteiger partial charge in [0.15, 0.2) is 0 Å². The normalized spacial score (nSPS) is 27.2. The molecule has 0 spiro atoms. The van der Waals surface area contributed by atoms with Crippen LogP contribution in [0.5, 0.6) is 0 Å². The van der Waals surface area contributed by atoms with E-state index in [0.717, 1.165) is 0 Å². The van der Waals surface area contributed by atoms with Crippen molar-refractivity contribution >= 4 is 11.9 Å². The van der Waals surface area contributed by atoms with E-state index in [4.69, 9.17) is 5.11 Å². The molecule has 1 aliphatic heterocycles. The molecule has 13 heavy (non-hydrogen) atoms. The van der Waals surface area contributed by atoms with Crippen LogP contribution in [0.1, 0.15) is 12.8 Å². The number of hydrogen-bond acceptors (Lipinski definition) is 4. The molecule has 2 atom stereocenters. The minimum atomic E-state index is -0.854. The van der Waals surface area contributed by atoms with Crippen molar-refractivity contribution in [1.82, 2.24) is 5.32 Å². The second kappa shape index (κ2) is 4.23. The van der Waals surface area contributed by atoms with Gasteiger partial charge in [-0.2, -0.15) is 0 Å². The fraction of sp³-hybridized carbons (Fsp3) is 0.750. The summed E-state index contributed by atoms with van der Waals surface area (Å²) in [5.41, 5.74) is 0. The molecule has 0 unspecified atom stereocenters. The molecule has 0 radical (unpaired) electrons. The summed E-state index contributed by atoms with van der Waals surface area (Å²) < 4.78 is 4.49. The summed E-state index contributed by atoms with van der Waals surface area (Å²) in [6, 6.07) is -0.505. The standard InChI is InChI=1S/C8H13NO4/c1-13-7(10)3-5-2-6(8(11)12)9-4-5/h5-6,9H,2-4H2,1H3,(H,11,12)/t5-,6+/m1/s1. The molecule has 5 heteroatoms. The fourth-order valence-electron chi connectivity index (χ4n) is 1.47. The number of aliphatic carboxylic acids is 1. The average Bonchev–Trinajstić information content (AvgIpc) is 2.52. The van der Waals surface area contributed by atoms with Crippen molar-refractivity contribution in [2.75, 3.05) is 13.7 Å². The third kappa shape index (κ3) is 2.69. The number of esters is 1. The average molecular weight is 187 g/mol. The lowest BCUT2D eigenvalue weighted by molar-refractivity contribution is -0.142. The van der Waals surface area contributed by atoms with Crippen LogP contribution in [-0.2, 0) is 14.3 Å². The van der Waals surface area contributed by atoms with Gasteiger partial charge < -0.3 is 15.2 Å². The van der Waals surface area contributed by atoms with Crippen molar-refractivity contribution in [3.63, 3.8) is 0 Å². The molecule has 1 rings (SSSR count). The summed E-state index contributed by atoms with van der Waals surface area (Å²) in [4.78, 5) is 21.4. The van der Waals surface area contributed by atoms with E-state index < -0.39 is 12.0 Å². The second-order valence-corrected chi connectivity index (χ2v) is 3.18. The van der Waals surface area contributed by atoms with E-state index in [1.807, 2.05) is 0 Å². The number of hydrogen-bond donors (Lipinski definition) is 2. The SMILES string of the molecule is COC(=O)C[C@@H]1CN[C@H](C(=O)O)C1. The maximum atomic E-state index is 10.8. The van der Waals surface area contributed by atoms with E-state index >= 15 is 0 Å². The summed E-state index contributed by atoms with van der Waals surface area (Å²) in [5.74, 6) is -1.04. The molecule has 0 aliphatic carbocycles. The monoisotopic (exact) mass is 187 g/mol. The fourth-order valence-corrected chi connectivity index (χ4v) is 1.47. The molecule has 1 fully saturated rings. The maximum absolute atomic E-state index is 10.8. The van der Waals surface area contributed by atoms with E-state index in [1.54, 1.807) is 0 Å². The highest BCUT2D eigenvalue weighted by Gasteiger charge is 2.30. The van der Waals surface area contributed by atoms with Crippen LogP contribution < -0.4 is 5.32 Å². The van der Waals surface area contributed by atoms with Gasteiger partial charge in [-0.25, -0.2) is 0 Å². The number of rotatable bonds is 3. The molecule has 2 N–H and O–H groups in total. The first-order valence-corrected chi connectivity index (χ1v) is 4.16. The van der Waals surface area contributed by atoms with Gasteiger partial charge in [0.05, 0.1) is 7.11 Å². The minimum Gasteiger partial charge on any atom is -0.480 e. The Kier molecular flexibility index (Phi) is 3.25. The molecule has 0 amide bonds. The molecule has 0 aromatic rings. The highest BCUT2D eigenvalue weighted by molar-refractivity contribution is 5.74. The largest absolute Gasteiger partial charge is 0.480 e. The molecule has 0 aromatic carbocycles. The van der Waals surface area contributed by atoms with E-state index in [9.17, 15) is 9.59 Å². The predicted molar refractivity (Wildman–Crippen MR) is 44.2 cm³/mol. The Labute approximate surface area is 76.1 Å². The lowest BCUT2D eigenvalue weighted by Gasteiger charge is -2.05. The highest BCUT2D eigenvalue weighted by atomic mass is 16.5. The Morgan fingerprint density at radius 2 is 2.31 bits per heavy atom. The highest BCUT2D eigenvalue weighted by Crippen LogP contribution is 2.17. The molecule has 1 heterocycles. The summed E-state index contributed by atoms with van der Waals surface area (Å²) in [6.45, 7) is 0.575. The number of carboxylic acid groups (broad SMARTS) is 1. The van der Waals surface area contributed by atoms with Crippen LogP contribution in [0.4, 0.5) is 0 Å². The number of carbonyl (C=O) groups is 2. The first kappa shape index (κ1) is 9.98. The van der Waals surface area contributed by atoms with Crippen LogP contribution in [0.2, 0.25) is 0 Å². The van der Waals surface area contributed by atoms with Crippen LogP contribution in [0.3, 0.4) is 0 Å². The van der Waals surface area contributed by atoms with Gasteiger partial charge in [0.1, 0.15) is 6.04 Å². The molecule has 5 nitrogen and oxygen atoms in total. The van der Waals surface area contributed by atoms with Crippen LogP contribution in [0.15, 0.2) is 0 Å². The molecule has 1 saturated heterocycles. The van der Waals surface area contributed by atoms with Gasteiger partial charge in [0, 0.05) is 6.42 Å². The number of nitrogens with one attached hydrogen (secondary N) is 1. The van der Waals surface area contributed by atoms with Crippen LogP contribution >= 0.6 is 0 Å². The first-order valence-electron chi connectivity index (χ1n) is 4.16. The predicted octanol–water partition coefficient (Wildman–Crippen LogP) is -0.388. The van der Waals surface area contributed by atoms with Gasteiger partial charge >= 0.3 is 11.9 Å². The zero-order valence-corrected chi connectivity index (χ0v) is 7.45. The molecule has 1 aliphatic rings. The van der Waals surface area contributed by atoms with Gasteiger partial charge in [0.25, 0.3) is 0 Å². The summed E-state index contributed by atoms with van der Waals surface area (Å²) in [7, 11) is 1.33. The Morgan fingerprint density at radius 1 is 1.62 bits per heavy atom. The van der Waals surface area contributed by atoms with Gasteiger partial charge in [-0.3, -0.25) is 9.59 Å². The third-order valence-electron chi connectivity index (χ3n) is 2.20. The summed E-state index contributed by atoms with van der Waals surface area (Å²) in [5, 5.41) is 11.5. The molecule has 0 aromatic heterocycles. The zero-order chi connectivity index (χ0) is 9.84. The van der Waals surface area contributed by atoms with Crippen LogP contribution in [0, 0.1) is 5.92 Å². The van der Waals surface area contributed by atoms with Crippen molar-refractivity contribution < 1.29 is 19.4 Å². The minimum absolute atomic E-state index is 0.0912. The second-order valence-electron chi connectivity index (χ2n) is 3.18. The molecule has 0 bridgehead atoms. The van der Waals surface area contributed by atoms with Gasteiger partial charge in [-0.05, 0) is 18.9 Å². The van der Waals surface area contributed by atoms with Gasteiger partial charge in [-0.15, -0.1) is 0 Å². The summed E-state index contributed by atoms with van der Waals surface area (Å²) in [6.07, 6.45) is 0.803. The topological polar surface area (TPSA) is 75.6 Å². The molecule has 74 valence electrons. The number of methoxy groups -OCH3 is 1. The van der Waals surface area contributed by atoms with Crippen molar-refractivity contribution in [1.29, 1.82) is 0 Å². The maximum Gasteiger partial charge on any atom is 0.320 e. The molecular formula is C8H13NO4. The third-order valence-corrected chi connectivity index (χ3v) is 2.20. The number of ether oxygens (including phenoxy) is 1.